The van der Waals surface area contributed by atoms with Crippen LogP contribution < -0.4 is 5.32 Å². The van der Waals surface area contributed by atoms with Crippen molar-refractivity contribution in [2.75, 3.05) is 0 Å². The third-order valence-corrected chi connectivity index (χ3v) is 2.39. The minimum Gasteiger partial charge on any atom is -0.508 e. The Hall–Kier alpha value is -1.71. The van der Waals surface area contributed by atoms with Gasteiger partial charge in [0.05, 0.1) is 6.04 Å². The van der Waals surface area contributed by atoms with E-state index < -0.39 is 6.09 Å². The van der Waals surface area contributed by atoms with Crippen LogP contribution >= 0.6 is 0 Å². The fourth-order valence-electron chi connectivity index (χ4n) is 1.76. The van der Waals surface area contributed by atoms with Gasteiger partial charge in [0, 0.05) is 0 Å². The van der Waals surface area contributed by atoms with Crippen molar-refractivity contribution in [3.05, 3.63) is 29.8 Å². The molecule has 1 rings (SSSR count). The van der Waals surface area contributed by atoms with Crippen molar-refractivity contribution >= 4 is 6.09 Å². The molecule has 0 fully saturated rings. The first-order valence-electron chi connectivity index (χ1n) is 5.56. The van der Waals surface area contributed by atoms with Crippen LogP contribution in [-0.4, -0.2) is 16.3 Å². The Bertz CT molecular complexity index is 396. The highest BCUT2D eigenvalue weighted by Crippen LogP contribution is 2.30. The number of hydrogen-bond acceptors (Lipinski definition) is 2. The molecule has 0 aliphatic carbocycles. The number of phenolic OH excluding ortho intramolecular Hbond substituents is 1. The molecule has 4 nitrogen and oxygen atoms in total. The fraction of sp³-hybridized carbons (Fsp3) is 0.462. The van der Waals surface area contributed by atoms with Gasteiger partial charge in [-0.2, -0.15) is 0 Å². The summed E-state index contributed by atoms with van der Waals surface area (Å²) in [6, 6.07) is 6.38. The molecule has 0 unspecified atom stereocenters. The molecule has 0 saturated carbocycles. The first-order chi connectivity index (χ1) is 7.78. The molecule has 1 aromatic carbocycles. The van der Waals surface area contributed by atoms with Crippen LogP contribution in [0.5, 0.6) is 5.75 Å². The molecule has 0 aliphatic heterocycles. The van der Waals surface area contributed by atoms with Gasteiger partial charge < -0.3 is 15.5 Å². The van der Waals surface area contributed by atoms with Crippen LogP contribution in [-0.2, 0) is 0 Å². The molecule has 94 valence electrons. The van der Waals surface area contributed by atoms with E-state index >= 15 is 0 Å². The maximum Gasteiger partial charge on any atom is 0.405 e. The van der Waals surface area contributed by atoms with E-state index in [4.69, 9.17) is 5.11 Å². The zero-order chi connectivity index (χ0) is 13.1. The smallest absolute Gasteiger partial charge is 0.405 e. The average Bonchev–Trinajstić information content (AvgIpc) is 2.13. The van der Waals surface area contributed by atoms with Gasteiger partial charge >= 0.3 is 6.09 Å². The van der Waals surface area contributed by atoms with Crippen LogP contribution in [0.2, 0.25) is 0 Å². The second kappa shape index (κ2) is 5.08. The molecule has 0 aliphatic rings. The van der Waals surface area contributed by atoms with Crippen LogP contribution in [0.3, 0.4) is 0 Å². The van der Waals surface area contributed by atoms with Crippen molar-refractivity contribution in [2.24, 2.45) is 5.41 Å². The van der Waals surface area contributed by atoms with Crippen LogP contribution in [0.4, 0.5) is 4.79 Å². The fourth-order valence-corrected chi connectivity index (χ4v) is 1.76. The number of aromatic hydroxyl groups is 1. The predicted molar refractivity (Wildman–Crippen MR) is 66.1 cm³/mol. The van der Waals surface area contributed by atoms with Crippen LogP contribution in [0.25, 0.3) is 0 Å². The Morgan fingerprint density at radius 2 is 2.06 bits per heavy atom. The first-order valence-corrected chi connectivity index (χ1v) is 5.56. The molecule has 4 heteroatoms. The lowest BCUT2D eigenvalue weighted by Crippen LogP contribution is -2.29. The zero-order valence-corrected chi connectivity index (χ0v) is 10.4. The van der Waals surface area contributed by atoms with Crippen molar-refractivity contribution < 1.29 is 15.0 Å². The molecule has 3 N–H and O–H groups in total. The molecular formula is C13H19NO3. The van der Waals surface area contributed by atoms with Gasteiger partial charge in [-0.3, -0.25) is 0 Å². The summed E-state index contributed by atoms with van der Waals surface area (Å²) in [5.74, 6) is 0.147. The molecule has 1 amide bonds. The van der Waals surface area contributed by atoms with Crippen molar-refractivity contribution in [2.45, 2.75) is 33.2 Å². The van der Waals surface area contributed by atoms with Gasteiger partial charge in [0.1, 0.15) is 5.75 Å². The second-order valence-corrected chi connectivity index (χ2v) is 5.36. The van der Waals surface area contributed by atoms with E-state index in [-0.39, 0.29) is 17.2 Å². The molecule has 1 aromatic rings. The summed E-state index contributed by atoms with van der Waals surface area (Å²) in [5, 5.41) is 20.7. The van der Waals surface area contributed by atoms with Crippen molar-refractivity contribution in [1.29, 1.82) is 0 Å². The number of amides is 1. The minimum absolute atomic E-state index is 0.00141. The summed E-state index contributed by atoms with van der Waals surface area (Å²) >= 11 is 0. The Balaban J connectivity index is 2.93. The lowest BCUT2D eigenvalue weighted by Gasteiger charge is -2.26. The Morgan fingerprint density at radius 3 is 2.53 bits per heavy atom. The molecule has 0 spiro atoms. The lowest BCUT2D eigenvalue weighted by atomic mass is 9.85. The highest BCUT2D eigenvalue weighted by molar-refractivity contribution is 5.65. The maximum atomic E-state index is 10.8. The number of carbonyl (C=O) groups is 1. The normalized spacial score (nSPS) is 13.1. The largest absolute Gasteiger partial charge is 0.508 e. The van der Waals surface area contributed by atoms with Crippen LogP contribution in [0.1, 0.15) is 38.8 Å². The molecule has 0 saturated heterocycles. The molecule has 0 heterocycles. The first kappa shape index (κ1) is 13.4. The summed E-state index contributed by atoms with van der Waals surface area (Å²) in [6.45, 7) is 6.14. The Labute approximate surface area is 101 Å². The quantitative estimate of drug-likeness (QED) is 0.756. The molecule has 0 aromatic heterocycles. The van der Waals surface area contributed by atoms with E-state index in [1.807, 2.05) is 26.8 Å². The predicted octanol–water partition coefficient (Wildman–Crippen LogP) is 3.14. The SMILES string of the molecule is CC(C)(C)C[C@H](NC(=O)O)c1cccc(O)c1. The van der Waals surface area contributed by atoms with Gasteiger partial charge in [0.2, 0.25) is 0 Å². The van der Waals surface area contributed by atoms with E-state index in [0.717, 1.165) is 5.56 Å². The van der Waals surface area contributed by atoms with Gasteiger partial charge in [-0.05, 0) is 29.5 Å². The van der Waals surface area contributed by atoms with Crippen molar-refractivity contribution in [1.82, 2.24) is 5.32 Å². The summed E-state index contributed by atoms with van der Waals surface area (Å²) in [4.78, 5) is 10.8. The second-order valence-electron chi connectivity index (χ2n) is 5.36. The molecule has 17 heavy (non-hydrogen) atoms. The highest BCUT2D eigenvalue weighted by atomic mass is 16.4. The van der Waals surface area contributed by atoms with Gasteiger partial charge in [-0.25, -0.2) is 4.79 Å². The van der Waals surface area contributed by atoms with E-state index in [1.54, 1.807) is 18.2 Å². The minimum atomic E-state index is -1.05. The zero-order valence-electron chi connectivity index (χ0n) is 10.4. The molecular weight excluding hydrogens is 218 g/mol. The average molecular weight is 237 g/mol. The molecule has 0 radical (unpaired) electrons. The summed E-state index contributed by atoms with van der Waals surface area (Å²) in [6.07, 6.45) is -0.384. The number of benzene rings is 1. The van der Waals surface area contributed by atoms with Gasteiger partial charge in [-0.15, -0.1) is 0 Å². The Kier molecular flexibility index (Phi) is 3.99. The van der Waals surface area contributed by atoms with Gasteiger partial charge in [-0.1, -0.05) is 32.9 Å². The topological polar surface area (TPSA) is 69.6 Å². The van der Waals surface area contributed by atoms with E-state index in [9.17, 15) is 9.90 Å². The summed E-state index contributed by atoms with van der Waals surface area (Å²) < 4.78 is 0. The lowest BCUT2D eigenvalue weighted by molar-refractivity contribution is 0.184. The summed E-state index contributed by atoms with van der Waals surface area (Å²) in [7, 11) is 0. The maximum absolute atomic E-state index is 10.8. The summed E-state index contributed by atoms with van der Waals surface area (Å²) in [5.41, 5.74) is 0.779. The highest BCUT2D eigenvalue weighted by Gasteiger charge is 2.21. The third kappa shape index (κ3) is 4.76. The van der Waals surface area contributed by atoms with Gasteiger partial charge in [0.25, 0.3) is 0 Å². The van der Waals surface area contributed by atoms with E-state index in [0.29, 0.717) is 6.42 Å². The van der Waals surface area contributed by atoms with E-state index in [1.165, 1.54) is 0 Å². The number of nitrogens with one attached hydrogen (secondary N) is 1. The Morgan fingerprint density at radius 1 is 1.41 bits per heavy atom. The molecule has 1 atom stereocenters. The number of hydrogen-bond donors (Lipinski definition) is 3. The van der Waals surface area contributed by atoms with Crippen molar-refractivity contribution in [3.63, 3.8) is 0 Å². The number of rotatable bonds is 3. The third-order valence-electron chi connectivity index (χ3n) is 2.39. The van der Waals surface area contributed by atoms with Crippen molar-refractivity contribution in [3.8, 4) is 5.75 Å². The van der Waals surface area contributed by atoms with Gasteiger partial charge in [0.15, 0.2) is 0 Å². The standard InChI is InChI=1S/C13H19NO3/c1-13(2,3)8-11(14-12(16)17)9-5-4-6-10(15)7-9/h4-7,11,14-15H,8H2,1-3H3,(H,16,17)/t11-/m0/s1. The van der Waals surface area contributed by atoms with Crippen LogP contribution in [0.15, 0.2) is 24.3 Å². The number of phenols is 1. The molecule has 0 bridgehead atoms. The van der Waals surface area contributed by atoms with E-state index in [2.05, 4.69) is 5.32 Å². The monoisotopic (exact) mass is 237 g/mol. The number of carboxylic acid groups (broad SMARTS) is 1. The van der Waals surface area contributed by atoms with Crippen LogP contribution in [0, 0.1) is 5.41 Å².